The van der Waals surface area contributed by atoms with Gasteiger partial charge in [0.05, 0.1) is 24.3 Å². The van der Waals surface area contributed by atoms with Gasteiger partial charge in [-0.2, -0.15) is 0 Å². The zero-order valence-corrected chi connectivity index (χ0v) is 20.1. The maximum atomic E-state index is 12.6. The number of anilines is 1. The van der Waals surface area contributed by atoms with E-state index >= 15 is 0 Å². The van der Waals surface area contributed by atoms with Crippen LogP contribution in [0.2, 0.25) is 10.0 Å². The molecule has 3 amide bonds. The predicted molar refractivity (Wildman–Crippen MR) is 130 cm³/mol. The monoisotopic (exact) mass is 494 g/mol. The number of piperazine rings is 1. The standard InChI is InChI=1S/C23H28Cl2N4O4/c1-32-20-6-3-15(11-21(20)33-2)7-8-27-22(30)13-17-14-29(10-9-26-17)23(31)28-16-4-5-18(24)19(25)12-16/h3-6,11-12,17,26H,7-10,13-14H2,1-2H3,(H,27,30)(H,28,31). The first kappa shape index (κ1) is 25.0. The largest absolute Gasteiger partial charge is 0.493 e. The summed E-state index contributed by atoms with van der Waals surface area (Å²) in [5, 5.41) is 9.86. The molecule has 8 nitrogen and oxygen atoms in total. The third-order valence-electron chi connectivity index (χ3n) is 5.33. The van der Waals surface area contributed by atoms with Crippen molar-refractivity contribution in [3.63, 3.8) is 0 Å². The lowest BCUT2D eigenvalue weighted by Crippen LogP contribution is -2.54. The van der Waals surface area contributed by atoms with Crippen LogP contribution in [-0.4, -0.2) is 63.3 Å². The number of methoxy groups -OCH3 is 2. The predicted octanol–water partition coefficient (Wildman–Crippen LogP) is 3.57. The fourth-order valence-electron chi connectivity index (χ4n) is 3.60. The Morgan fingerprint density at radius 1 is 1.09 bits per heavy atom. The minimum absolute atomic E-state index is 0.0697. The lowest BCUT2D eigenvalue weighted by atomic mass is 10.1. The molecule has 33 heavy (non-hydrogen) atoms. The first-order chi connectivity index (χ1) is 15.9. The van der Waals surface area contributed by atoms with Gasteiger partial charge in [-0.3, -0.25) is 4.79 Å². The van der Waals surface area contributed by atoms with Gasteiger partial charge in [0.15, 0.2) is 11.5 Å². The van der Waals surface area contributed by atoms with Crippen LogP contribution in [0.1, 0.15) is 12.0 Å². The second-order valence-corrected chi connectivity index (χ2v) is 8.46. The maximum absolute atomic E-state index is 12.6. The molecule has 1 saturated heterocycles. The highest BCUT2D eigenvalue weighted by Gasteiger charge is 2.25. The van der Waals surface area contributed by atoms with Crippen LogP contribution >= 0.6 is 23.2 Å². The SMILES string of the molecule is COc1ccc(CCNC(=O)CC2CN(C(=O)Nc3ccc(Cl)c(Cl)c3)CCN2)cc1OC. The molecule has 3 rings (SSSR count). The van der Waals surface area contributed by atoms with Crippen molar-refractivity contribution < 1.29 is 19.1 Å². The van der Waals surface area contributed by atoms with Gasteiger partial charge in [0, 0.05) is 44.3 Å². The number of carbonyl (C=O) groups excluding carboxylic acids is 2. The van der Waals surface area contributed by atoms with E-state index in [0.29, 0.717) is 59.8 Å². The van der Waals surface area contributed by atoms with E-state index in [1.54, 1.807) is 37.3 Å². The molecular formula is C23H28Cl2N4O4. The Hall–Kier alpha value is -2.68. The first-order valence-corrected chi connectivity index (χ1v) is 11.4. The number of benzene rings is 2. The molecule has 1 atom stereocenters. The maximum Gasteiger partial charge on any atom is 0.321 e. The summed E-state index contributed by atoms with van der Waals surface area (Å²) in [5.74, 6) is 1.26. The van der Waals surface area contributed by atoms with Crippen LogP contribution in [0.4, 0.5) is 10.5 Å². The van der Waals surface area contributed by atoms with Crippen molar-refractivity contribution in [2.45, 2.75) is 18.9 Å². The van der Waals surface area contributed by atoms with E-state index in [0.717, 1.165) is 5.56 Å². The van der Waals surface area contributed by atoms with E-state index in [9.17, 15) is 9.59 Å². The van der Waals surface area contributed by atoms with E-state index < -0.39 is 0 Å². The molecule has 1 heterocycles. The summed E-state index contributed by atoms with van der Waals surface area (Å²) in [4.78, 5) is 26.7. The number of hydrogen-bond acceptors (Lipinski definition) is 5. The minimum Gasteiger partial charge on any atom is -0.493 e. The van der Waals surface area contributed by atoms with Gasteiger partial charge in [0.1, 0.15) is 0 Å². The number of amides is 3. The molecule has 0 spiro atoms. The van der Waals surface area contributed by atoms with Crippen LogP contribution in [0.25, 0.3) is 0 Å². The second kappa shape index (κ2) is 12.0. The van der Waals surface area contributed by atoms with Crippen LogP contribution in [0, 0.1) is 0 Å². The zero-order valence-electron chi connectivity index (χ0n) is 18.6. The van der Waals surface area contributed by atoms with Crippen molar-refractivity contribution in [3.8, 4) is 11.5 Å². The summed E-state index contributed by atoms with van der Waals surface area (Å²) in [6, 6.07) is 10.3. The third-order valence-corrected chi connectivity index (χ3v) is 6.07. The molecule has 1 fully saturated rings. The van der Waals surface area contributed by atoms with Crippen LogP contribution in [-0.2, 0) is 11.2 Å². The molecule has 0 radical (unpaired) electrons. The topological polar surface area (TPSA) is 91.9 Å². The van der Waals surface area contributed by atoms with Gasteiger partial charge in [-0.15, -0.1) is 0 Å². The van der Waals surface area contributed by atoms with Gasteiger partial charge in [-0.1, -0.05) is 29.3 Å². The summed E-state index contributed by atoms with van der Waals surface area (Å²) in [6.07, 6.45) is 0.949. The quantitative estimate of drug-likeness (QED) is 0.521. The smallest absolute Gasteiger partial charge is 0.321 e. The number of hydrogen-bond donors (Lipinski definition) is 3. The zero-order chi connectivity index (χ0) is 23.8. The van der Waals surface area contributed by atoms with Crippen LogP contribution in [0.3, 0.4) is 0 Å². The Bertz CT molecular complexity index is 989. The second-order valence-electron chi connectivity index (χ2n) is 7.65. The molecule has 1 unspecified atom stereocenters. The van der Waals surface area contributed by atoms with Crippen molar-refractivity contribution in [2.24, 2.45) is 0 Å². The molecule has 2 aromatic carbocycles. The van der Waals surface area contributed by atoms with E-state index in [1.165, 1.54) is 0 Å². The Balaban J connectivity index is 1.44. The third kappa shape index (κ3) is 7.15. The number of rotatable bonds is 8. The van der Waals surface area contributed by atoms with Crippen LogP contribution < -0.4 is 25.4 Å². The molecule has 3 N–H and O–H groups in total. The number of halogens is 2. The number of urea groups is 1. The molecular weight excluding hydrogens is 467 g/mol. The van der Waals surface area contributed by atoms with Crippen molar-refractivity contribution in [1.29, 1.82) is 0 Å². The van der Waals surface area contributed by atoms with Crippen molar-refractivity contribution in [3.05, 3.63) is 52.0 Å². The van der Waals surface area contributed by atoms with Gasteiger partial charge in [-0.05, 0) is 42.3 Å². The Kier molecular flexibility index (Phi) is 9.05. The van der Waals surface area contributed by atoms with Gasteiger partial charge < -0.3 is 30.3 Å². The van der Waals surface area contributed by atoms with Gasteiger partial charge in [0.25, 0.3) is 0 Å². The van der Waals surface area contributed by atoms with Crippen molar-refractivity contribution >= 4 is 40.8 Å². The molecule has 0 aromatic heterocycles. The number of ether oxygens (including phenoxy) is 2. The summed E-state index contributed by atoms with van der Waals surface area (Å²) in [5.41, 5.74) is 1.60. The highest BCUT2D eigenvalue weighted by Crippen LogP contribution is 2.27. The average Bonchev–Trinajstić information content (AvgIpc) is 2.81. The molecule has 0 aliphatic carbocycles. The average molecular weight is 495 g/mol. The summed E-state index contributed by atoms with van der Waals surface area (Å²) < 4.78 is 10.6. The van der Waals surface area contributed by atoms with Gasteiger partial charge in [-0.25, -0.2) is 4.79 Å². The first-order valence-electron chi connectivity index (χ1n) is 10.6. The molecule has 1 aliphatic heterocycles. The number of nitrogens with zero attached hydrogens (tertiary/aromatic N) is 1. The van der Waals surface area contributed by atoms with E-state index in [1.807, 2.05) is 18.2 Å². The van der Waals surface area contributed by atoms with Crippen molar-refractivity contribution in [1.82, 2.24) is 15.5 Å². The van der Waals surface area contributed by atoms with Gasteiger partial charge in [0.2, 0.25) is 5.91 Å². The Labute approximate surface area is 203 Å². The minimum atomic E-state index is -0.242. The number of carbonyl (C=O) groups is 2. The molecule has 178 valence electrons. The highest BCUT2D eigenvalue weighted by atomic mass is 35.5. The van der Waals surface area contributed by atoms with E-state index in [2.05, 4.69) is 16.0 Å². The molecule has 2 aromatic rings. The van der Waals surface area contributed by atoms with E-state index in [4.69, 9.17) is 32.7 Å². The Morgan fingerprint density at radius 2 is 1.88 bits per heavy atom. The normalized spacial score (nSPS) is 15.6. The summed E-state index contributed by atoms with van der Waals surface area (Å²) >= 11 is 11.9. The molecule has 0 saturated carbocycles. The fraction of sp³-hybridized carbons (Fsp3) is 0.391. The summed E-state index contributed by atoms with van der Waals surface area (Å²) in [7, 11) is 3.18. The lowest BCUT2D eigenvalue weighted by molar-refractivity contribution is -0.121. The fourth-order valence-corrected chi connectivity index (χ4v) is 3.90. The summed E-state index contributed by atoms with van der Waals surface area (Å²) in [6.45, 7) is 2.09. The van der Waals surface area contributed by atoms with Crippen molar-refractivity contribution in [2.75, 3.05) is 45.7 Å². The Morgan fingerprint density at radius 3 is 2.61 bits per heavy atom. The number of nitrogens with one attached hydrogen (secondary N) is 3. The highest BCUT2D eigenvalue weighted by molar-refractivity contribution is 6.42. The molecule has 1 aliphatic rings. The molecule has 0 bridgehead atoms. The van der Waals surface area contributed by atoms with Crippen LogP contribution in [0.5, 0.6) is 11.5 Å². The van der Waals surface area contributed by atoms with E-state index in [-0.39, 0.29) is 24.4 Å². The molecule has 10 heteroatoms. The van der Waals surface area contributed by atoms with Gasteiger partial charge >= 0.3 is 6.03 Å². The van der Waals surface area contributed by atoms with Crippen LogP contribution in [0.15, 0.2) is 36.4 Å². The lowest BCUT2D eigenvalue weighted by Gasteiger charge is -2.33.